The van der Waals surface area contributed by atoms with Crippen LogP contribution < -0.4 is 5.32 Å². The van der Waals surface area contributed by atoms with Gasteiger partial charge in [-0.3, -0.25) is 4.99 Å². The van der Waals surface area contributed by atoms with Crippen LogP contribution in [0, 0.1) is 27.7 Å². The summed E-state index contributed by atoms with van der Waals surface area (Å²) in [7, 11) is -1.25. The van der Waals surface area contributed by atoms with E-state index >= 15 is 0 Å². The molecule has 2 nitrogen and oxygen atoms in total. The van der Waals surface area contributed by atoms with Crippen LogP contribution in [0.25, 0.3) is 0 Å². The third kappa shape index (κ3) is 5.57. The van der Waals surface area contributed by atoms with Gasteiger partial charge in [0.15, 0.2) is 0 Å². The molecule has 2 rings (SSSR count). The average molecular weight is 353 g/mol. The van der Waals surface area contributed by atoms with Crippen LogP contribution in [0.2, 0.25) is 25.7 Å². The molecule has 3 heteroatoms. The lowest BCUT2D eigenvalue weighted by molar-refractivity contribution is 1.25. The first-order chi connectivity index (χ1) is 11.7. The lowest BCUT2D eigenvalue weighted by Gasteiger charge is -2.20. The number of anilines is 1. The van der Waals surface area contributed by atoms with Crippen molar-refractivity contribution in [3.8, 4) is 0 Å². The van der Waals surface area contributed by atoms with Gasteiger partial charge in [0, 0.05) is 11.4 Å². The molecule has 2 aromatic rings. The van der Waals surface area contributed by atoms with Crippen LogP contribution >= 0.6 is 0 Å². The highest BCUT2D eigenvalue weighted by molar-refractivity contribution is 6.79. The van der Waals surface area contributed by atoms with Crippen LogP contribution in [-0.4, -0.2) is 20.3 Å². The van der Waals surface area contributed by atoms with E-state index in [9.17, 15) is 0 Å². The predicted octanol–water partition coefficient (Wildman–Crippen LogP) is 6.44. The second kappa shape index (κ2) is 8.00. The average Bonchev–Trinajstić information content (AvgIpc) is 2.49. The van der Waals surface area contributed by atoms with Crippen LogP contribution in [0.3, 0.4) is 0 Å². The molecule has 0 saturated carbocycles. The Morgan fingerprint density at radius 3 is 1.80 bits per heavy atom. The Morgan fingerprint density at radius 2 is 1.32 bits per heavy atom. The van der Waals surface area contributed by atoms with Gasteiger partial charge >= 0.3 is 0 Å². The minimum atomic E-state index is -1.25. The highest BCUT2D eigenvalue weighted by Crippen LogP contribution is 2.25. The Kier molecular flexibility index (Phi) is 6.23. The van der Waals surface area contributed by atoms with Gasteiger partial charge < -0.3 is 5.32 Å². The first-order valence-electron chi connectivity index (χ1n) is 9.10. The second-order valence-corrected chi connectivity index (χ2v) is 13.8. The van der Waals surface area contributed by atoms with Crippen molar-refractivity contribution in [1.29, 1.82) is 0 Å². The number of nitrogens with one attached hydrogen (secondary N) is 1. The summed E-state index contributed by atoms with van der Waals surface area (Å²) in [6, 6.07) is 14.0. The number of benzene rings is 2. The van der Waals surface area contributed by atoms with E-state index in [1.54, 1.807) is 0 Å². The maximum Gasteiger partial charge on any atom is 0.0687 e. The third-order valence-corrected chi connectivity index (χ3v) is 5.86. The fourth-order valence-corrected chi connectivity index (χ4v) is 4.61. The second-order valence-electron chi connectivity index (χ2n) is 8.28. The van der Waals surface area contributed by atoms with Crippen molar-refractivity contribution in [2.45, 2.75) is 53.4 Å². The van der Waals surface area contributed by atoms with Gasteiger partial charge in [0.1, 0.15) is 0 Å². The number of nitrogens with zero attached hydrogens (tertiary/aromatic N) is 1. The van der Waals surface area contributed by atoms with Crippen LogP contribution in [0.15, 0.2) is 41.4 Å². The van der Waals surface area contributed by atoms with Crippen molar-refractivity contribution in [3.63, 3.8) is 0 Å². The Morgan fingerprint density at radius 1 is 0.840 bits per heavy atom. The first kappa shape index (κ1) is 19.5. The summed E-state index contributed by atoms with van der Waals surface area (Å²) in [6.45, 7) is 16.7. The Balaban J connectivity index is 2.32. The minimum absolute atomic E-state index is 0.809. The molecule has 0 unspecified atom stereocenters. The van der Waals surface area contributed by atoms with Crippen molar-refractivity contribution in [2.24, 2.45) is 4.99 Å². The largest absolute Gasteiger partial charge is 0.379 e. The maximum absolute atomic E-state index is 5.11. The van der Waals surface area contributed by atoms with Gasteiger partial charge in [-0.25, -0.2) is 0 Å². The van der Waals surface area contributed by atoms with Crippen molar-refractivity contribution in [1.82, 2.24) is 0 Å². The van der Waals surface area contributed by atoms with Crippen LogP contribution in [0.1, 0.15) is 22.3 Å². The van der Waals surface area contributed by atoms with Gasteiger partial charge in [0.25, 0.3) is 0 Å². The van der Waals surface area contributed by atoms with Crippen LogP contribution in [0.4, 0.5) is 11.4 Å². The van der Waals surface area contributed by atoms with Crippen molar-refractivity contribution >= 4 is 25.2 Å². The molecule has 25 heavy (non-hydrogen) atoms. The molecule has 0 aliphatic heterocycles. The Hall–Kier alpha value is -1.87. The summed E-state index contributed by atoms with van der Waals surface area (Å²) >= 11 is 0. The maximum atomic E-state index is 5.11. The molecular weight excluding hydrogens is 320 g/mol. The van der Waals surface area contributed by atoms with Crippen LogP contribution in [0.5, 0.6) is 0 Å². The highest BCUT2D eigenvalue weighted by Gasteiger charge is 2.18. The summed E-state index contributed by atoms with van der Waals surface area (Å²) in [5.41, 5.74) is 8.73. The summed E-state index contributed by atoms with van der Waals surface area (Å²) in [4.78, 5) is 5.11. The van der Waals surface area contributed by atoms with E-state index in [4.69, 9.17) is 4.99 Å². The summed E-state index contributed by atoms with van der Waals surface area (Å²) in [5.74, 6) is 0. The van der Waals surface area contributed by atoms with Gasteiger partial charge in [-0.05, 0) is 56.0 Å². The number of hydrogen-bond donors (Lipinski definition) is 1. The van der Waals surface area contributed by atoms with Gasteiger partial charge in [-0.1, -0.05) is 56.0 Å². The van der Waals surface area contributed by atoms with Gasteiger partial charge in [-0.2, -0.15) is 0 Å². The van der Waals surface area contributed by atoms with E-state index in [1.165, 1.54) is 33.7 Å². The fourth-order valence-electron chi connectivity index (χ4n) is 3.18. The van der Waals surface area contributed by atoms with E-state index in [0.717, 1.165) is 18.3 Å². The standard InChI is InChI=1S/C22H32N2Si/c1-16-10-8-11-17(2)21(16)23-14-20(15-25(5,6)7)24-22-18(3)12-9-13-19(22)4/h8-13,23H,14-15H2,1-7H3. The lowest BCUT2D eigenvalue weighted by atomic mass is 10.1. The molecule has 0 bridgehead atoms. The molecule has 0 aliphatic carbocycles. The predicted molar refractivity (Wildman–Crippen MR) is 116 cm³/mol. The minimum Gasteiger partial charge on any atom is -0.379 e. The molecule has 0 saturated heterocycles. The molecule has 134 valence electrons. The summed E-state index contributed by atoms with van der Waals surface area (Å²) in [6.07, 6.45) is 0. The molecule has 0 radical (unpaired) electrons. The molecule has 0 amide bonds. The smallest absolute Gasteiger partial charge is 0.0687 e. The molecule has 0 atom stereocenters. The third-order valence-electron chi connectivity index (χ3n) is 4.39. The Labute approximate surface area is 154 Å². The molecule has 0 aliphatic rings. The summed E-state index contributed by atoms with van der Waals surface area (Å²) in [5, 5.41) is 3.65. The van der Waals surface area contributed by atoms with E-state index in [1.807, 2.05) is 0 Å². The summed E-state index contributed by atoms with van der Waals surface area (Å²) < 4.78 is 0. The zero-order chi connectivity index (χ0) is 18.6. The number of rotatable bonds is 6. The molecule has 0 fully saturated rings. The number of hydrogen-bond acceptors (Lipinski definition) is 2. The molecule has 0 heterocycles. The van der Waals surface area contributed by atoms with Crippen molar-refractivity contribution in [3.05, 3.63) is 58.7 Å². The highest BCUT2D eigenvalue weighted by atomic mass is 28.3. The number of para-hydroxylation sites is 2. The topological polar surface area (TPSA) is 24.4 Å². The van der Waals surface area contributed by atoms with E-state index in [0.29, 0.717) is 0 Å². The molecule has 0 aromatic heterocycles. The van der Waals surface area contributed by atoms with Crippen molar-refractivity contribution < 1.29 is 0 Å². The normalized spacial score (nSPS) is 12.4. The number of aryl methyl sites for hydroxylation is 4. The molecule has 2 aromatic carbocycles. The quantitative estimate of drug-likeness (QED) is 0.469. The SMILES string of the molecule is Cc1cccc(C)c1N=C(CNc1c(C)cccc1C)C[Si](C)(C)C. The number of aliphatic imine (C=N–C) groups is 1. The van der Waals surface area contributed by atoms with Crippen LogP contribution in [-0.2, 0) is 0 Å². The molecular formula is C22H32N2Si. The van der Waals surface area contributed by atoms with Gasteiger partial charge in [-0.15, -0.1) is 0 Å². The van der Waals surface area contributed by atoms with E-state index in [2.05, 4.69) is 89.1 Å². The monoisotopic (exact) mass is 352 g/mol. The van der Waals surface area contributed by atoms with Crippen molar-refractivity contribution in [2.75, 3.05) is 11.9 Å². The molecule has 0 spiro atoms. The fraction of sp³-hybridized carbons (Fsp3) is 0.409. The van der Waals surface area contributed by atoms with E-state index in [-0.39, 0.29) is 0 Å². The first-order valence-corrected chi connectivity index (χ1v) is 12.8. The Bertz CT molecular complexity index is 730. The van der Waals surface area contributed by atoms with E-state index < -0.39 is 8.07 Å². The lowest BCUT2D eigenvalue weighted by Crippen LogP contribution is -2.28. The zero-order valence-electron chi connectivity index (χ0n) is 16.8. The van der Waals surface area contributed by atoms with Gasteiger partial charge in [0.2, 0.25) is 0 Å². The van der Waals surface area contributed by atoms with Gasteiger partial charge in [0.05, 0.1) is 20.3 Å². The molecule has 1 N–H and O–H groups in total. The zero-order valence-corrected chi connectivity index (χ0v) is 17.8.